The summed E-state index contributed by atoms with van der Waals surface area (Å²) in [6.45, 7) is 2.20. The third kappa shape index (κ3) is 9.88. The Balaban J connectivity index is 3.97. The van der Waals surface area contributed by atoms with E-state index in [1.807, 2.05) is 6.92 Å². The fourth-order valence-electron chi connectivity index (χ4n) is 0.999. The van der Waals surface area contributed by atoms with Crippen molar-refractivity contribution >= 4 is 51.3 Å². The van der Waals surface area contributed by atoms with Gasteiger partial charge in [-0.3, -0.25) is 9.05 Å². The molecule has 0 radical (unpaired) electrons. The molecular weight excluding hydrogens is 398 g/mol. The van der Waals surface area contributed by atoms with Gasteiger partial charge in [-0.1, -0.05) is 38.8 Å². The summed E-state index contributed by atoms with van der Waals surface area (Å²) in [6, 6.07) is 0. The molecule has 0 aliphatic rings. The van der Waals surface area contributed by atoms with E-state index in [-0.39, 0.29) is 17.3 Å². The molecule has 0 rings (SSSR count). The molecule has 8 heteroatoms. The van der Waals surface area contributed by atoms with Gasteiger partial charge in [0, 0.05) is 16.0 Å². The van der Waals surface area contributed by atoms with Gasteiger partial charge >= 0.3 is 7.82 Å². The summed E-state index contributed by atoms with van der Waals surface area (Å²) in [5.41, 5.74) is 0. The summed E-state index contributed by atoms with van der Waals surface area (Å²) in [5.74, 6) is 0.162. The summed E-state index contributed by atoms with van der Waals surface area (Å²) in [4.78, 5) is 9.74. The zero-order valence-corrected chi connectivity index (χ0v) is 14.5. The van der Waals surface area contributed by atoms with Gasteiger partial charge < -0.3 is 4.89 Å². The average Bonchev–Trinajstić information content (AvgIpc) is 2.27. The van der Waals surface area contributed by atoms with E-state index >= 15 is 0 Å². The van der Waals surface area contributed by atoms with Crippen molar-refractivity contribution in [3.8, 4) is 0 Å². The maximum absolute atomic E-state index is 11.5. The van der Waals surface area contributed by atoms with Crippen LogP contribution in [0.1, 0.15) is 26.2 Å². The third-order valence-electron chi connectivity index (χ3n) is 2.01. The lowest BCUT2D eigenvalue weighted by Crippen LogP contribution is -2.15. The van der Waals surface area contributed by atoms with E-state index in [0.29, 0.717) is 18.2 Å². The molecule has 4 nitrogen and oxygen atoms in total. The minimum atomic E-state index is -3.99. The SMILES string of the molecule is CCC(Br)CCOP(=O)(O)OC(CCl)CCBr. The minimum Gasteiger partial charge on any atom is -0.302 e. The summed E-state index contributed by atoms with van der Waals surface area (Å²) in [7, 11) is -3.99. The number of hydrogen-bond acceptors (Lipinski definition) is 3. The summed E-state index contributed by atoms with van der Waals surface area (Å²) < 4.78 is 21.4. The fraction of sp³-hybridized carbons (Fsp3) is 1.00. The Bertz CT molecular complexity index is 245. The van der Waals surface area contributed by atoms with E-state index in [4.69, 9.17) is 20.6 Å². The average molecular weight is 416 g/mol. The highest BCUT2D eigenvalue weighted by atomic mass is 79.9. The van der Waals surface area contributed by atoms with Gasteiger partial charge in [0.2, 0.25) is 0 Å². The van der Waals surface area contributed by atoms with Crippen molar-refractivity contribution in [2.45, 2.75) is 37.1 Å². The van der Waals surface area contributed by atoms with Crippen molar-refractivity contribution in [2.24, 2.45) is 0 Å². The lowest BCUT2D eigenvalue weighted by Gasteiger charge is -2.18. The van der Waals surface area contributed by atoms with Gasteiger partial charge in [0.1, 0.15) is 0 Å². The van der Waals surface area contributed by atoms with Gasteiger partial charge in [0.05, 0.1) is 12.7 Å². The first-order valence-corrected chi connectivity index (χ1v) is 9.43. The van der Waals surface area contributed by atoms with Crippen molar-refractivity contribution in [3.05, 3.63) is 0 Å². The van der Waals surface area contributed by atoms with Crippen LogP contribution >= 0.6 is 51.3 Å². The van der Waals surface area contributed by atoms with Crippen LogP contribution in [-0.4, -0.2) is 33.6 Å². The lowest BCUT2D eigenvalue weighted by molar-refractivity contribution is 0.112. The molecule has 0 heterocycles. The zero-order valence-electron chi connectivity index (χ0n) is 9.65. The van der Waals surface area contributed by atoms with Gasteiger partial charge in [-0.25, -0.2) is 4.57 Å². The Kier molecular flexibility index (Phi) is 11.0. The lowest BCUT2D eigenvalue weighted by atomic mass is 10.3. The number of phosphoric ester groups is 1. The van der Waals surface area contributed by atoms with Crippen molar-refractivity contribution in [3.63, 3.8) is 0 Å². The second-order valence-corrected chi connectivity index (χ2v) is 7.26. The molecule has 0 amide bonds. The van der Waals surface area contributed by atoms with Gasteiger partial charge in [-0.15, -0.1) is 11.6 Å². The number of rotatable bonds is 10. The maximum Gasteiger partial charge on any atom is 0.472 e. The second-order valence-electron chi connectivity index (χ2n) is 3.46. The molecule has 3 atom stereocenters. The normalized spacial score (nSPS) is 18.6. The largest absolute Gasteiger partial charge is 0.472 e. The molecule has 0 aromatic carbocycles. The van der Waals surface area contributed by atoms with Crippen molar-refractivity contribution in [1.29, 1.82) is 0 Å². The van der Waals surface area contributed by atoms with Gasteiger partial charge in [0.25, 0.3) is 0 Å². The van der Waals surface area contributed by atoms with Crippen LogP contribution in [0.4, 0.5) is 0 Å². The predicted molar refractivity (Wildman–Crippen MR) is 77.4 cm³/mol. The molecule has 0 bridgehead atoms. The molecule has 0 saturated carbocycles. The van der Waals surface area contributed by atoms with E-state index in [9.17, 15) is 9.46 Å². The highest BCUT2D eigenvalue weighted by Crippen LogP contribution is 2.45. The van der Waals surface area contributed by atoms with E-state index in [1.165, 1.54) is 0 Å². The quantitative estimate of drug-likeness (QED) is 0.431. The summed E-state index contributed by atoms with van der Waals surface area (Å²) in [6.07, 6.45) is 1.69. The van der Waals surface area contributed by atoms with Crippen LogP contribution in [0.5, 0.6) is 0 Å². The Labute approximate surface area is 124 Å². The van der Waals surface area contributed by atoms with Crippen LogP contribution in [-0.2, 0) is 13.6 Å². The molecule has 0 spiro atoms. The molecule has 0 aromatic heterocycles. The zero-order chi connectivity index (χ0) is 13.3. The Morgan fingerprint density at radius 1 is 1.47 bits per heavy atom. The van der Waals surface area contributed by atoms with Crippen LogP contribution in [0, 0.1) is 0 Å². The van der Waals surface area contributed by atoms with Crippen LogP contribution in [0.3, 0.4) is 0 Å². The molecule has 17 heavy (non-hydrogen) atoms. The summed E-state index contributed by atoms with van der Waals surface area (Å²) >= 11 is 12.3. The van der Waals surface area contributed by atoms with Crippen LogP contribution < -0.4 is 0 Å². The third-order valence-corrected chi connectivity index (χ3v) is 4.99. The molecule has 1 N–H and O–H groups in total. The van der Waals surface area contributed by atoms with Crippen molar-refractivity contribution in [1.82, 2.24) is 0 Å². The standard InChI is InChI=1S/C9H18Br2ClO4P/c1-2-8(11)4-6-15-17(13,14)16-9(7-12)3-5-10/h8-9H,2-7H2,1H3,(H,13,14). The molecular formula is C9H18Br2ClO4P. The number of hydrogen-bond donors (Lipinski definition) is 1. The number of phosphoric acid groups is 1. The highest BCUT2D eigenvalue weighted by Gasteiger charge is 2.26. The minimum absolute atomic E-state index is 0.162. The first-order chi connectivity index (χ1) is 7.95. The van der Waals surface area contributed by atoms with Gasteiger partial charge in [-0.05, 0) is 19.3 Å². The number of halogens is 3. The predicted octanol–water partition coefficient (Wildman–Crippen LogP) is 4.08. The Hall–Kier alpha value is 1.36. The van der Waals surface area contributed by atoms with Gasteiger partial charge in [-0.2, -0.15) is 0 Å². The Morgan fingerprint density at radius 3 is 2.59 bits per heavy atom. The second kappa shape index (κ2) is 10.2. The molecule has 0 aliphatic heterocycles. The molecule has 0 aliphatic carbocycles. The molecule has 3 unspecified atom stereocenters. The monoisotopic (exact) mass is 414 g/mol. The molecule has 0 fully saturated rings. The number of alkyl halides is 3. The van der Waals surface area contributed by atoms with E-state index < -0.39 is 13.9 Å². The fourth-order valence-corrected chi connectivity index (χ4v) is 2.96. The van der Waals surface area contributed by atoms with Gasteiger partial charge in [0.15, 0.2) is 0 Å². The van der Waals surface area contributed by atoms with E-state index in [0.717, 1.165) is 6.42 Å². The Morgan fingerprint density at radius 2 is 2.12 bits per heavy atom. The first-order valence-electron chi connectivity index (χ1n) is 5.36. The first kappa shape index (κ1) is 18.4. The molecule has 104 valence electrons. The molecule has 0 saturated heterocycles. The van der Waals surface area contributed by atoms with E-state index in [1.54, 1.807) is 0 Å². The van der Waals surface area contributed by atoms with E-state index in [2.05, 4.69) is 31.9 Å². The highest BCUT2D eigenvalue weighted by molar-refractivity contribution is 9.09. The molecule has 0 aromatic rings. The van der Waals surface area contributed by atoms with Crippen LogP contribution in [0.2, 0.25) is 0 Å². The van der Waals surface area contributed by atoms with Crippen molar-refractivity contribution < 1.29 is 18.5 Å². The smallest absolute Gasteiger partial charge is 0.302 e. The topological polar surface area (TPSA) is 55.8 Å². The van der Waals surface area contributed by atoms with Crippen molar-refractivity contribution in [2.75, 3.05) is 17.8 Å². The maximum atomic E-state index is 11.5. The van der Waals surface area contributed by atoms with Crippen LogP contribution in [0.15, 0.2) is 0 Å². The van der Waals surface area contributed by atoms with Crippen LogP contribution in [0.25, 0.3) is 0 Å². The summed E-state index contributed by atoms with van der Waals surface area (Å²) in [5, 5.41) is 0.656.